The number of halogens is 1. The molecule has 0 heterocycles. The molecule has 0 radical (unpaired) electrons. The van der Waals surface area contributed by atoms with Crippen LogP contribution in [0.3, 0.4) is 0 Å². The summed E-state index contributed by atoms with van der Waals surface area (Å²) in [6.45, 7) is 3.35. The number of hydrogen-bond acceptors (Lipinski definition) is 1. The van der Waals surface area contributed by atoms with Crippen molar-refractivity contribution in [1.82, 2.24) is 0 Å². The second kappa shape index (κ2) is 4.94. The smallest absolute Gasteiger partial charge is 0.0810 e. The Labute approximate surface area is 98.9 Å². The van der Waals surface area contributed by atoms with E-state index >= 15 is 0 Å². The van der Waals surface area contributed by atoms with Crippen LogP contribution in [0.1, 0.15) is 19.8 Å². The van der Waals surface area contributed by atoms with Gasteiger partial charge in [-0.2, -0.15) is 0 Å². The van der Waals surface area contributed by atoms with Crippen LogP contribution < -0.4 is 24.0 Å². The predicted molar refractivity (Wildman–Crippen MR) is 50.8 cm³/mol. The molecule has 80 valence electrons. The number of aliphatic hydroxyl groups excluding tert-OH is 1. The van der Waals surface area contributed by atoms with Gasteiger partial charge < -0.3 is 33.6 Å². The van der Waals surface area contributed by atoms with Crippen molar-refractivity contribution in [3.8, 4) is 0 Å². The zero-order valence-corrected chi connectivity index (χ0v) is 11.3. The largest absolute Gasteiger partial charge is 1.00 e. The van der Waals surface area contributed by atoms with Crippen molar-refractivity contribution >= 4 is 0 Å². The van der Waals surface area contributed by atoms with Gasteiger partial charge in [0, 0.05) is 5.92 Å². The molecule has 0 aromatic heterocycles. The Kier molecular flexibility index (Phi) is 5.18. The molecule has 0 spiro atoms. The number of quaternary nitrogens is 1. The van der Waals surface area contributed by atoms with Gasteiger partial charge in [0.05, 0.1) is 33.8 Å². The van der Waals surface area contributed by atoms with E-state index in [2.05, 4.69) is 28.1 Å². The highest BCUT2D eigenvalue weighted by atomic mass is 127. The molecule has 1 saturated carbocycles. The van der Waals surface area contributed by atoms with Crippen LogP contribution in [0.5, 0.6) is 0 Å². The molecule has 3 atom stereocenters. The van der Waals surface area contributed by atoms with Gasteiger partial charge in [-0.25, -0.2) is 0 Å². The maximum atomic E-state index is 9.56. The Morgan fingerprint density at radius 3 is 2.08 bits per heavy atom. The van der Waals surface area contributed by atoms with Gasteiger partial charge in [-0.1, -0.05) is 6.92 Å². The van der Waals surface area contributed by atoms with Crippen LogP contribution >= 0.6 is 0 Å². The summed E-state index contributed by atoms with van der Waals surface area (Å²) in [6.07, 6.45) is 2.18. The van der Waals surface area contributed by atoms with Crippen LogP contribution in [-0.4, -0.2) is 43.4 Å². The van der Waals surface area contributed by atoms with Crippen LogP contribution in [0.2, 0.25) is 0 Å². The molecule has 3 heteroatoms. The van der Waals surface area contributed by atoms with Gasteiger partial charge in [0.25, 0.3) is 0 Å². The molecule has 1 rings (SSSR count). The summed E-state index contributed by atoms with van der Waals surface area (Å²) in [5, 5.41) is 9.56. The second-order valence-corrected chi connectivity index (χ2v) is 5.35. The molecular formula is C10H22INO. The Hall–Kier alpha value is 0.650. The minimum atomic E-state index is -0.0402. The van der Waals surface area contributed by atoms with Crippen LogP contribution in [0.15, 0.2) is 0 Å². The summed E-state index contributed by atoms with van der Waals surface area (Å²) in [4.78, 5) is 0. The predicted octanol–water partition coefficient (Wildman–Crippen LogP) is -1.90. The minimum absolute atomic E-state index is 0. The monoisotopic (exact) mass is 299 g/mol. The number of aliphatic hydroxyl groups is 1. The SMILES string of the molecule is C[C@@H]1C[C@H](C[N+](C)(C)C)C[C@@H]1O.[I-]. The molecule has 0 aromatic rings. The highest BCUT2D eigenvalue weighted by Gasteiger charge is 2.32. The lowest BCUT2D eigenvalue weighted by atomic mass is 10.1. The van der Waals surface area contributed by atoms with Crippen molar-refractivity contribution in [2.24, 2.45) is 11.8 Å². The summed E-state index contributed by atoms with van der Waals surface area (Å²) in [7, 11) is 6.65. The van der Waals surface area contributed by atoms with E-state index in [1.807, 2.05) is 0 Å². The highest BCUT2D eigenvalue weighted by Crippen LogP contribution is 2.31. The molecule has 1 aliphatic carbocycles. The molecule has 0 unspecified atom stereocenters. The lowest BCUT2D eigenvalue weighted by molar-refractivity contribution is -0.873. The van der Waals surface area contributed by atoms with Crippen LogP contribution in [-0.2, 0) is 0 Å². The zero-order chi connectivity index (χ0) is 9.35. The third-order valence-electron chi connectivity index (χ3n) is 2.74. The molecule has 0 aromatic carbocycles. The van der Waals surface area contributed by atoms with Gasteiger partial charge in [0.2, 0.25) is 0 Å². The summed E-state index contributed by atoms with van der Waals surface area (Å²) in [5.74, 6) is 1.25. The van der Waals surface area contributed by atoms with Gasteiger partial charge in [0.1, 0.15) is 0 Å². The molecular weight excluding hydrogens is 277 g/mol. The van der Waals surface area contributed by atoms with E-state index in [1.54, 1.807) is 0 Å². The van der Waals surface area contributed by atoms with Crippen molar-refractivity contribution < 1.29 is 33.6 Å². The number of nitrogens with zero attached hydrogens (tertiary/aromatic N) is 1. The topological polar surface area (TPSA) is 20.2 Å². The van der Waals surface area contributed by atoms with E-state index in [9.17, 15) is 5.11 Å². The number of rotatable bonds is 2. The fourth-order valence-electron chi connectivity index (χ4n) is 2.28. The van der Waals surface area contributed by atoms with Gasteiger partial charge >= 0.3 is 0 Å². The number of hydrogen-bond donors (Lipinski definition) is 1. The molecule has 0 amide bonds. The van der Waals surface area contributed by atoms with E-state index in [0.29, 0.717) is 5.92 Å². The lowest BCUT2D eigenvalue weighted by Gasteiger charge is -2.27. The van der Waals surface area contributed by atoms with Crippen molar-refractivity contribution in [3.63, 3.8) is 0 Å². The van der Waals surface area contributed by atoms with E-state index in [0.717, 1.165) is 16.8 Å². The first kappa shape index (κ1) is 13.7. The van der Waals surface area contributed by atoms with Gasteiger partial charge in [-0.3, -0.25) is 0 Å². The van der Waals surface area contributed by atoms with Crippen molar-refractivity contribution in [1.29, 1.82) is 0 Å². The molecule has 1 N–H and O–H groups in total. The molecule has 1 aliphatic rings. The Morgan fingerprint density at radius 2 is 1.77 bits per heavy atom. The maximum Gasteiger partial charge on any atom is 0.0810 e. The Morgan fingerprint density at radius 1 is 1.23 bits per heavy atom. The maximum absolute atomic E-state index is 9.56. The van der Waals surface area contributed by atoms with Crippen LogP contribution in [0.4, 0.5) is 0 Å². The summed E-state index contributed by atoms with van der Waals surface area (Å²) >= 11 is 0. The fraction of sp³-hybridized carbons (Fsp3) is 1.00. The quantitative estimate of drug-likeness (QED) is 0.467. The van der Waals surface area contributed by atoms with E-state index < -0.39 is 0 Å². The van der Waals surface area contributed by atoms with Gasteiger partial charge in [0.15, 0.2) is 0 Å². The van der Waals surface area contributed by atoms with Crippen LogP contribution in [0.25, 0.3) is 0 Å². The van der Waals surface area contributed by atoms with Crippen LogP contribution in [0, 0.1) is 11.8 Å². The third-order valence-corrected chi connectivity index (χ3v) is 2.74. The first-order chi connectivity index (χ1) is 5.38. The first-order valence-corrected chi connectivity index (χ1v) is 4.87. The molecule has 2 nitrogen and oxygen atoms in total. The summed E-state index contributed by atoms with van der Waals surface area (Å²) in [5.41, 5.74) is 0. The summed E-state index contributed by atoms with van der Waals surface area (Å²) in [6, 6.07) is 0. The van der Waals surface area contributed by atoms with E-state index in [-0.39, 0.29) is 30.1 Å². The average molecular weight is 299 g/mol. The minimum Gasteiger partial charge on any atom is -1.00 e. The van der Waals surface area contributed by atoms with E-state index in [4.69, 9.17) is 0 Å². The van der Waals surface area contributed by atoms with Crippen molar-refractivity contribution in [2.75, 3.05) is 27.7 Å². The first-order valence-electron chi connectivity index (χ1n) is 4.87. The average Bonchev–Trinajstić information content (AvgIpc) is 2.07. The standard InChI is InChI=1S/C10H22NO.HI/c1-8-5-9(6-10(8)12)7-11(2,3)4;/h8-10,12H,5-7H2,1-4H3;1H/q+1;/p-1/t8-,9+,10+;/m1./s1. The van der Waals surface area contributed by atoms with E-state index in [1.165, 1.54) is 13.0 Å². The zero-order valence-electron chi connectivity index (χ0n) is 9.13. The Bertz CT molecular complexity index is 145. The molecule has 1 fully saturated rings. The molecule has 0 saturated heterocycles. The molecule has 13 heavy (non-hydrogen) atoms. The molecule has 0 bridgehead atoms. The molecule has 0 aliphatic heterocycles. The summed E-state index contributed by atoms with van der Waals surface area (Å²) < 4.78 is 1.02. The van der Waals surface area contributed by atoms with Gasteiger partial charge in [-0.05, 0) is 18.8 Å². The highest BCUT2D eigenvalue weighted by molar-refractivity contribution is 4.80. The third kappa shape index (κ3) is 4.61. The fourth-order valence-corrected chi connectivity index (χ4v) is 2.28. The lowest BCUT2D eigenvalue weighted by Crippen LogP contribution is -3.00. The Balaban J connectivity index is 0.00000144. The van der Waals surface area contributed by atoms with Gasteiger partial charge in [-0.15, -0.1) is 0 Å². The normalized spacial score (nSPS) is 34.4. The van der Waals surface area contributed by atoms with Crippen molar-refractivity contribution in [2.45, 2.75) is 25.9 Å². The van der Waals surface area contributed by atoms with Crippen molar-refractivity contribution in [3.05, 3.63) is 0 Å². The second-order valence-electron chi connectivity index (χ2n) is 5.35.